The van der Waals surface area contributed by atoms with Crippen LogP contribution in [-0.4, -0.2) is 17.0 Å². The summed E-state index contributed by atoms with van der Waals surface area (Å²) in [5, 5.41) is 0. The van der Waals surface area contributed by atoms with Crippen molar-refractivity contribution in [3.05, 3.63) is 28.2 Å². The molecule has 0 fully saturated rings. The average molecular weight is 258 g/mol. The fraction of sp³-hybridized carbons (Fsp3) is 0.500. The molecule has 1 aliphatic rings. The van der Waals surface area contributed by atoms with Gasteiger partial charge in [0, 0.05) is 28.9 Å². The number of nitrogens with zero attached hydrogens (tertiary/aromatic N) is 1. The van der Waals surface area contributed by atoms with Gasteiger partial charge in [-0.2, -0.15) is 0 Å². The molecule has 0 amide bonds. The van der Waals surface area contributed by atoms with Gasteiger partial charge in [-0.25, -0.2) is 0 Å². The summed E-state index contributed by atoms with van der Waals surface area (Å²) < 4.78 is 0. The topological polar surface area (TPSA) is 45.2 Å². The van der Waals surface area contributed by atoms with Gasteiger partial charge in [-0.1, -0.05) is 13.8 Å². The SMILES string of the molecule is CC1=N/C(=C(\C)c2[nH]c(C=O)c(C)c2C)CC1(C)C. The van der Waals surface area contributed by atoms with Gasteiger partial charge in [-0.15, -0.1) is 0 Å². The van der Waals surface area contributed by atoms with E-state index in [2.05, 4.69) is 39.6 Å². The number of aliphatic imine (C=N–C) groups is 1. The van der Waals surface area contributed by atoms with E-state index in [9.17, 15) is 4.79 Å². The standard InChI is InChI=1S/C16H22N2O/c1-9-10(2)15(18-14(9)8-19)11(3)13-7-16(5,6)12(4)17-13/h8,18H,7H2,1-6H3/b13-11+. The quantitative estimate of drug-likeness (QED) is 0.799. The van der Waals surface area contributed by atoms with Gasteiger partial charge in [0.05, 0.1) is 5.69 Å². The van der Waals surface area contributed by atoms with E-state index in [0.29, 0.717) is 5.69 Å². The molecule has 0 saturated heterocycles. The summed E-state index contributed by atoms with van der Waals surface area (Å²) >= 11 is 0. The highest BCUT2D eigenvalue weighted by Gasteiger charge is 2.30. The third-order valence-corrected chi connectivity index (χ3v) is 4.42. The maximum absolute atomic E-state index is 11.0. The highest BCUT2D eigenvalue weighted by molar-refractivity contribution is 5.92. The van der Waals surface area contributed by atoms with Crippen LogP contribution < -0.4 is 0 Å². The Hall–Kier alpha value is -1.64. The number of carbonyl (C=O) groups excluding carboxylic acids is 1. The molecule has 3 heteroatoms. The number of H-pyrrole nitrogens is 1. The summed E-state index contributed by atoms with van der Waals surface area (Å²) in [6.07, 6.45) is 1.84. The summed E-state index contributed by atoms with van der Waals surface area (Å²) in [7, 11) is 0. The number of hydrogen-bond donors (Lipinski definition) is 1. The summed E-state index contributed by atoms with van der Waals surface area (Å²) in [5.41, 5.74) is 7.49. The first-order valence-electron chi connectivity index (χ1n) is 6.68. The van der Waals surface area contributed by atoms with Crippen molar-refractivity contribution in [3.63, 3.8) is 0 Å². The Morgan fingerprint density at radius 1 is 1.26 bits per heavy atom. The van der Waals surface area contributed by atoms with Crippen molar-refractivity contribution in [1.29, 1.82) is 0 Å². The Morgan fingerprint density at radius 3 is 2.32 bits per heavy atom. The van der Waals surface area contributed by atoms with E-state index in [1.54, 1.807) is 0 Å². The van der Waals surface area contributed by atoms with Gasteiger partial charge in [0.1, 0.15) is 0 Å². The van der Waals surface area contributed by atoms with Crippen molar-refractivity contribution in [1.82, 2.24) is 4.98 Å². The van der Waals surface area contributed by atoms with Gasteiger partial charge in [0.25, 0.3) is 0 Å². The monoisotopic (exact) mass is 258 g/mol. The first kappa shape index (κ1) is 13.8. The Bertz CT molecular complexity index is 601. The molecule has 19 heavy (non-hydrogen) atoms. The van der Waals surface area contributed by atoms with Gasteiger partial charge in [0.15, 0.2) is 6.29 Å². The minimum absolute atomic E-state index is 0.139. The van der Waals surface area contributed by atoms with Crippen molar-refractivity contribution >= 4 is 17.6 Å². The summed E-state index contributed by atoms with van der Waals surface area (Å²) in [4.78, 5) is 19.0. The van der Waals surface area contributed by atoms with Crippen molar-refractivity contribution < 1.29 is 4.79 Å². The van der Waals surface area contributed by atoms with E-state index in [-0.39, 0.29) is 5.41 Å². The number of rotatable bonds is 2. The Labute approximate surface area is 114 Å². The second-order valence-electron chi connectivity index (χ2n) is 6.11. The number of carbonyl (C=O) groups is 1. The molecule has 0 aliphatic carbocycles. The van der Waals surface area contributed by atoms with Crippen LogP contribution in [0.15, 0.2) is 10.7 Å². The van der Waals surface area contributed by atoms with Crippen LogP contribution in [0.1, 0.15) is 61.4 Å². The van der Waals surface area contributed by atoms with Gasteiger partial charge in [-0.05, 0) is 44.4 Å². The molecule has 102 valence electrons. The zero-order valence-corrected chi connectivity index (χ0v) is 12.6. The lowest BCUT2D eigenvalue weighted by atomic mass is 9.85. The van der Waals surface area contributed by atoms with Crippen molar-refractivity contribution in [2.45, 2.75) is 48.0 Å². The number of aldehydes is 1. The third kappa shape index (κ3) is 2.18. The number of allylic oxidation sites excluding steroid dienone is 2. The molecule has 3 nitrogen and oxygen atoms in total. The highest BCUT2D eigenvalue weighted by Crippen LogP contribution is 2.38. The number of hydrogen-bond acceptors (Lipinski definition) is 2. The minimum atomic E-state index is 0.139. The van der Waals surface area contributed by atoms with Crippen LogP contribution in [-0.2, 0) is 0 Å². The molecule has 0 saturated carbocycles. The molecule has 1 aromatic heterocycles. The zero-order valence-electron chi connectivity index (χ0n) is 12.6. The summed E-state index contributed by atoms with van der Waals surface area (Å²) in [5.74, 6) is 0. The van der Waals surface area contributed by atoms with Crippen LogP contribution in [0.5, 0.6) is 0 Å². The van der Waals surface area contributed by atoms with Crippen LogP contribution in [0.2, 0.25) is 0 Å². The highest BCUT2D eigenvalue weighted by atomic mass is 16.1. The summed E-state index contributed by atoms with van der Waals surface area (Å²) in [6, 6.07) is 0. The van der Waals surface area contributed by atoms with Gasteiger partial charge in [0.2, 0.25) is 0 Å². The van der Waals surface area contributed by atoms with Crippen molar-refractivity contribution in [2.24, 2.45) is 10.4 Å². The van der Waals surface area contributed by atoms with E-state index in [1.807, 2.05) is 6.92 Å². The Morgan fingerprint density at radius 2 is 1.89 bits per heavy atom. The first-order valence-corrected chi connectivity index (χ1v) is 6.68. The average Bonchev–Trinajstić information content (AvgIpc) is 2.78. The molecular formula is C16H22N2O. The molecule has 2 rings (SSSR count). The number of aromatic amines is 1. The van der Waals surface area contributed by atoms with Gasteiger partial charge < -0.3 is 4.98 Å². The normalized spacial score (nSPS) is 20.4. The van der Waals surface area contributed by atoms with Crippen LogP contribution >= 0.6 is 0 Å². The lowest BCUT2D eigenvalue weighted by Crippen LogP contribution is -2.15. The summed E-state index contributed by atoms with van der Waals surface area (Å²) in [6.45, 7) is 12.6. The predicted octanol–water partition coefficient (Wildman–Crippen LogP) is 4.07. The minimum Gasteiger partial charge on any atom is -0.352 e. The van der Waals surface area contributed by atoms with E-state index in [0.717, 1.165) is 40.8 Å². The fourth-order valence-corrected chi connectivity index (χ4v) is 2.51. The molecule has 0 aromatic carbocycles. The van der Waals surface area contributed by atoms with Crippen LogP contribution in [0.25, 0.3) is 5.57 Å². The largest absolute Gasteiger partial charge is 0.352 e. The second kappa shape index (κ2) is 4.48. The molecule has 1 N–H and O–H groups in total. The Kier molecular flexibility index (Phi) is 3.25. The smallest absolute Gasteiger partial charge is 0.166 e. The molecule has 1 aliphatic heterocycles. The zero-order chi connectivity index (χ0) is 14.4. The molecule has 2 heterocycles. The van der Waals surface area contributed by atoms with Crippen LogP contribution in [0.3, 0.4) is 0 Å². The molecular weight excluding hydrogens is 236 g/mol. The molecule has 1 aromatic rings. The number of aromatic nitrogens is 1. The Balaban J connectivity index is 2.52. The number of nitrogens with one attached hydrogen (secondary N) is 1. The lowest BCUT2D eigenvalue weighted by Gasteiger charge is -2.16. The van der Waals surface area contributed by atoms with Crippen molar-refractivity contribution in [2.75, 3.05) is 0 Å². The molecule has 0 bridgehead atoms. The molecule has 0 unspecified atom stereocenters. The van der Waals surface area contributed by atoms with E-state index in [1.165, 1.54) is 5.71 Å². The first-order chi connectivity index (χ1) is 8.77. The van der Waals surface area contributed by atoms with Crippen molar-refractivity contribution in [3.8, 4) is 0 Å². The molecule has 0 atom stereocenters. The molecule has 0 radical (unpaired) electrons. The van der Waals surface area contributed by atoms with Gasteiger partial charge >= 0.3 is 0 Å². The van der Waals surface area contributed by atoms with Crippen LogP contribution in [0, 0.1) is 19.3 Å². The molecule has 0 spiro atoms. The second-order valence-corrected chi connectivity index (χ2v) is 6.11. The fourth-order valence-electron chi connectivity index (χ4n) is 2.51. The predicted molar refractivity (Wildman–Crippen MR) is 79.8 cm³/mol. The van der Waals surface area contributed by atoms with E-state index < -0.39 is 0 Å². The van der Waals surface area contributed by atoms with Crippen LogP contribution in [0.4, 0.5) is 0 Å². The van der Waals surface area contributed by atoms with E-state index >= 15 is 0 Å². The third-order valence-electron chi connectivity index (χ3n) is 4.42. The van der Waals surface area contributed by atoms with E-state index in [4.69, 9.17) is 4.99 Å². The lowest BCUT2D eigenvalue weighted by molar-refractivity contribution is 0.111. The maximum atomic E-state index is 11.0. The maximum Gasteiger partial charge on any atom is 0.166 e. The van der Waals surface area contributed by atoms with Gasteiger partial charge in [-0.3, -0.25) is 9.79 Å².